The highest BCUT2D eigenvalue weighted by molar-refractivity contribution is 5.99. The van der Waals surface area contributed by atoms with E-state index in [1.165, 1.54) is 5.56 Å². The minimum atomic E-state index is 0.195. The Balaban J connectivity index is 2.21. The average Bonchev–Trinajstić information content (AvgIpc) is 2.55. The van der Waals surface area contributed by atoms with Crippen molar-refractivity contribution in [3.05, 3.63) is 35.4 Å². The second kappa shape index (κ2) is 4.75. The number of fused-ring (bicyclic) bond motifs is 1. The number of carbonyl (C=O) groups excluding carboxylic acids is 1. The maximum absolute atomic E-state index is 12.4. The fraction of sp³-hybridized carbons (Fsp3) is 0.562. The van der Waals surface area contributed by atoms with E-state index in [1.807, 2.05) is 23.1 Å². The molecular weight excluding hydrogens is 222 g/mol. The van der Waals surface area contributed by atoms with Gasteiger partial charge in [-0.3, -0.25) is 4.79 Å². The van der Waals surface area contributed by atoms with Gasteiger partial charge in [0.15, 0.2) is 0 Å². The quantitative estimate of drug-likeness (QED) is 0.784. The molecule has 1 heterocycles. The Morgan fingerprint density at radius 3 is 2.56 bits per heavy atom. The summed E-state index contributed by atoms with van der Waals surface area (Å²) >= 11 is 0. The number of nitrogens with zero attached hydrogens (tertiary/aromatic N) is 1. The second-order valence-corrected chi connectivity index (χ2v) is 6.11. The summed E-state index contributed by atoms with van der Waals surface area (Å²) in [5.41, 5.74) is 2.26. The SMILES string of the molecule is CCCC(C)(C)CN1C(=O)c2ccccc2C1C. The number of benzene rings is 1. The van der Waals surface area contributed by atoms with Gasteiger partial charge in [0, 0.05) is 12.1 Å². The Hall–Kier alpha value is -1.31. The van der Waals surface area contributed by atoms with Crippen LogP contribution >= 0.6 is 0 Å². The van der Waals surface area contributed by atoms with Crippen LogP contribution in [0.4, 0.5) is 0 Å². The molecule has 0 N–H and O–H groups in total. The lowest BCUT2D eigenvalue weighted by molar-refractivity contribution is 0.0643. The summed E-state index contributed by atoms with van der Waals surface area (Å²) in [6.45, 7) is 9.67. The van der Waals surface area contributed by atoms with Crippen LogP contribution in [0.25, 0.3) is 0 Å². The zero-order chi connectivity index (χ0) is 13.3. The molecule has 1 atom stereocenters. The Labute approximate surface area is 110 Å². The van der Waals surface area contributed by atoms with E-state index in [9.17, 15) is 4.79 Å². The molecule has 0 aliphatic carbocycles. The molecule has 0 bridgehead atoms. The van der Waals surface area contributed by atoms with Crippen LogP contribution in [0, 0.1) is 5.41 Å². The first-order chi connectivity index (χ1) is 8.46. The Bertz CT molecular complexity index is 450. The first kappa shape index (κ1) is 13.1. The van der Waals surface area contributed by atoms with Gasteiger partial charge in [0.05, 0.1) is 6.04 Å². The van der Waals surface area contributed by atoms with Crippen molar-refractivity contribution in [3.63, 3.8) is 0 Å². The van der Waals surface area contributed by atoms with Crippen molar-refractivity contribution >= 4 is 5.91 Å². The Kier molecular flexibility index (Phi) is 3.47. The van der Waals surface area contributed by atoms with Crippen molar-refractivity contribution in [1.82, 2.24) is 4.90 Å². The Morgan fingerprint density at radius 2 is 1.94 bits per heavy atom. The molecule has 98 valence electrons. The fourth-order valence-electron chi connectivity index (χ4n) is 2.98. The van der Waals surface area contributed by atoms with Crippen LogP contribution in [-0.4, -0.2) is 17.4 Å². The number of rotatable bonds is 4. The second-order valence-electron chi connectivity index (χ2n) is 6.11. The molecule has 1 aliphatic heterocycles. The first-order valence-electron chi connectivity index (χ1n) is 6.86. The van der Waals surface area contributed by atoms with E-state index < -0.39 is 0 Å². The standard InChI is InChI=1S/C16H23NO/c1-5-10-16(3,4)11-17-12(2)13-8-6-7-9-14(13)15(17)18/h6-9,12H,5,10-11H2,1-4H3. The molecule has 2 heteroatoms. The molecule has 18 heavy (non-hydrogen) atoms. The van der Waals surface area contributed by atoms with E-state index in [1.54, 1.807) is 0 Å². The number of carbonyl (C=O) groups is 1. The molecule has 1 aliphatic rings. The zero-order valence-corrected chi connectivity index (χ0v) is 11.9. The summed E-state index contributed by atoms with van der Waals surface area (Å²) < 4.78 is 0. The van der Waals surface area contributed by atoms with Crippen LogP contribution in [0.2, 0.25) is 0 Å². The highest BCUT2D eigenvalue weighted by atomic mass is 16.2. The van der Waals surface area contributed by atoms with Gasteiger partial charge in [-0.05, 0) is 30.4 Å². The molecule has 1 unspecified atom stereocenters. The van der Waals surface area contributed by atoms with E-state index in [0.29, 0.717) is 0 Å². The molecule has 0 radical (unpaired) electrons. The molecule has 2 nitrogen and oxygen atoms in total. The molecule has 1 aromatic carbocycles. The molecule has 0 fully saturated rings. The van der Waals surface area contributed by atoms with Crippen LogP contribution in [0.15, 0.2) is 24.3 Å². The fourth-order valence-corrected chi connectivity index (χ4v) is 2.98. The van der Waals surface area contributed by atoms with Crippen molar-refractivity contribution in [2.24, 2.45) is 5.41 Å². The summed E-state index contributed by atoms with van der Waals surface area (Å²) in [4.78, 5) is 14.4. The lowest BCUT2D eigenvalue weighted by atomic mass is 9.87. The molecule has 1 amide bonds. The van der Waals surface area contributed by atoms with Crippen LogP contribution < -0.4 is 0 Å². The third kappa shape index (κ3) is 2.29. The van der Waals surface area contributed by atoms with Crippen molar-refractivity contribution in [3.8, 4) is 0 Å². The minimum absolute atomic E-state index is 0.195. The number of hydrogen-bond acceptors (Lipinski definition) is 1. The minimum Gasteiger partial charge on any atom is -0.331 e. The molecule has 0 saturated carbocycles. The molecular formula is C16H23NO. The zero-order valence-electron chi connectivity index (χ0n) is 11.9. The Morgan fingerprint density at radius 1 is 1.28 bits per heavy atom. The van der Waals surface area contributed by atoms with Gasteiger partial charge in [0.2, 0.25) is 0 Å². The summed E-state index contributed by atoms with van der Waals surface area (Å²) in [5, 5.41) is 0. The highest BCUT2D eigenvalue weighted by Crippen LogP contribution is 2.36. The van der Waals surface area contributed by atoms with Crippen molar-refractivity contribution in [2.75, 3.05) is 6.54 Å². The summed E-state index contributed by atoms with van der Waals surface area (Å²) in [6.07, 6.45) is 2.32. The van der Waals surface area contributed by atoms with Crippen LogP contribution in [0.5, 0.6) is 0 Å². The van der Waals surface area contributed by atoms with Gasteiger partial charge in [0.25, 0.3) is 5.91 Å². The van der Waals surface area contributed by atoms with E-state index in [-0.39, 0.29) is 17.4 Å². The van der Waals surface area contributed by atoms with Gasteiger partial charge in [-0.15, -0.1) is 0 Å². The van der Waals surface area contributed by atoms with E-state index >= 15 is 0 Å². The maximum Gasteiger partial charge on any atom is 0.254 e. The third-order valence-corrected chi connectivity index (χ3v) is 3.89. The summed E-state index contributed by atoms with van der Waals surface area (Å²) in [5.74, 6) is 0.197. The topological polar surface area (TPSA) is 20.3 Å². The monoisotopic (exact) mass is 245 g/mol. The predicted molar refractivity (Wildman–Crippen MR) is 74.6 cm³/mol. The van der Waals surface area contributed by atoms with Gasteiger partial charge in [-0.25, -0.2) is 0 Å². The van der Waals surface area contributed by atoms with Gasteiger partial charge in [-0.2, -0.15) is 0 Å². The van der Waals surface area contributed by atoms with Crippen LogP contribution in [0.3, 0.4) is 0 Å². The largest absolute Gasteiger partial charge is 0.331 e. The summed E-state index contributed by atoms with van der Waals surface area (Å²) in [6, 6.07) is 8.20. The number of hydrogen-bond donors (Lipinski definition) is 0. The average molecular weight is 245 g/mol. The molecule has 1 aromatic rings. The third-order valence-electron chi connectivity index (χ3n) is 3.89. The lowest BCUT2D eigenvalue weighted by Crippen LogP contribution is -2.36. The van der Waals surface area contributed by atoms with E-state index in [2.05, 4.69) is 33.8 Å². The maximum atomic E-state index is 12.4. The first-order valence-corrected chi connectivity index (χ1v) is 6.86. The van der Waals surface area contributed by atoms with Crippen LogP contribution in [-0.2, 0) is 0 Å². The van der Waals surface area contributed by atoms with Gasteiger partial charge >= 0.3 is 0 Å². The highest BCUT2D eigenvalue weighted by Gasteiger charge is 2.36. The van der Waals surface area contributed by atoms with Gasteiger partial charge < -0.3 is 4.90 Å². The summed E-state index contributed by atoms with van der Waals surface area (Å²) in [7, 11) is 0. The molecule has 2 rings (SSSR count). The molecule has 0 spiro atoms. The lowest BCUT2D eigenvalue weighted by Gasteiger charge is -2.32. The smallest absolute Gasteiger partial charge is 0.254 e. The van der Waals surface area contributed by atoms with Crippen molar-refractivity contribution in [2.45, 2.75) is 46.6 Å². The van der Waals surface area contributed by atoms with Crippen molar-refractivity contribution in [1.29, 1.82) is 0 Å². The van der Waals surface area contributed by atoms with Gasteiger partial charge in [0.1, 0.15) is 0 Å². The van der Waals surface area contributed by atoms with Gasteiger partial charge in [-0.1, -0.05) is 45.4 Å². The van der Waals surface area contributed by atoms with Crippen molar-refractivity contribution < 1.29 is 4.79 Å². The predicted octanol–water partition coefficient (Wildman–Crippen LogP) is 4.03. The number of amides is 1. The van der Waals surface area contributed by atoms with Crippen LogP contribution in [0.1, 0.15) is 62.5 Å². The normalized spacial score (nSPS) is 19.2. The van der Waals surface area contributed by atoms with E-state index in [0.717, 1.165) is 24.9 Å². The molecule has 0 saturated heterocycles. The van der Waals surface area contributed by atoms with E-state index in [4.69, 9.17) is 0 Å². The molecule has 0 aromatic heterocycles.